The van der Waals surface area contributed by atoms with Gasteiger partial charge in [-0.1, -0.05) is 56.7 Å². The summed E-state index contributed by atoms with van der Waals surface area (Å²) in [6, 6.07) is 4.79. The van der Waals surface area contributed by atoms with Crippen LogP contribution in [0.4, 0.5) is 0 Å². The number of hydrogen-bond donors (Lipinski definition) is 1. The lowest BCUT2D eigenvalue weighted by Crippen LogP contribution is -2.17. The molecule has 0 aliphatic heterocycles. The molecule has 0 aromatic heterocycles. The average Bonchev–Trinajstić information content (AvgIpc) is 2.39. The van der Waals surface area contributed by atoms with Gasteiger partial charge in [0.2, 0.25) is 0 Å². The molecule has 0 saturated carbocycles. The van der Waals surface area contributed by atoms with Crippen molar-refractivity contribution in [3.05, 3.63) is 33.8 Å². The Morgan fingerprint density at radius 2 is 1.74 bits per heavy atom. The molecule has 0 heterocycles. The summed E-state index contributed by atoms with van der Waals surface area (Å²) in [7, 11) is 2.06. The molecular weight excluding hydrogens is 254 g/mol. The van der Waals surface area contributed by atoms with Crippen LogP contribution in [0.1, 0.15) is 68.2 Å². The minimum atomic E-state index is 0.456. The van der Waals surface area contributed by atoms with E-state index in [9.17, 15) is 0 Å². The number of halogens is 1. The third kappa shape index (κ3) is 5.16. The standard InChI is InChI=1S/C17H28ClN/c1-5-6-7-8-9-10-17(19-4)15-11-14(3)16(18)12-13(15)2/h11-12,17,19H,5-10H2,1-4H3. The van der Waals surface area contributed by atoms with Crippen molar-refractivity contribution in [3.63, 3.8) is 0 Å². The molecular formula is C17H28ClN. The highest BCUT2D eigenvalue weighted by atomic mass is 35.5. The van der Waals surface area contributed by atoms with Crippen LogP contribution in [-0.4, -0.2) is 7.05 Å². The van der Waals surface area contributed by atoms with E-state index in [1.165, 1.54) is 55.2 Å². The SMILES string of the molecule is CCCCCCCC(NC)c1cc(C)c(Cl)cc1C. The van der Waals surface area contributed by atoms with Crippen molar-refractivity contribution >= 4 is 11.6 Å². The van der Waals surface area contributed by atoms with Crippen LogP contribution < -0.4 is 5.32 Å². The Kier molecular flexibility index (Phi) is 7.48. The zero-order valence-electron chi connectivity index (χ0n) is 12.9. The maximum Gasteiger partial charge on any atom is 0.0438 e. The molecule has 108 valence electrons. The molecule has 1 N–H and O–H groups in total. The largest absolute Gasteiger partial charge is 0.313 e. The van der Waals surface area contributed by atoms with Gasteiger partial charge in [0.15, 0.2) is 0 Å². The second-order valence-electron chi connectivity index (χ2n) is 5.50. The molecule has 0 spiro atoms. The van der Waals surface area contributed by atoms with E-state index in [1.807, 2.05) is 0 Å². The summed E-state index contributed by atoms with van der Waals surface area (Å²) in [6.45, 7) is 6.50. The molecule has 0 fully saturated rings. The van der Waals surface area contributed by atoms with Crippen LogP contribution in [0.5, 0.6) is 0 Å². The predicted molar refractivity (Wildman–Crippen MR) is 86.1 cm³/mol. The third-order valence-electron chi connectivity index (χ3n) is 3.87. The van der Waals surface area contributed by atoms with Crippen molar-refractivity contribution in [1.82, 2.24) is 5.32 Å². The van der Waals surface area contributed by atoms with Crippen LogP contribution in [0.25, 0.3) is 0 Å². The molecule has 1 nitrogen and oxygen atoms in total. The monoisotopic (exact) mass is 281 g/mol. The smallest absolute Gasteiger partial charge is 0.0438 e. The minimum absolute atomic E-state index is 0.456. The van der Waals surface area contributed by atoms with Crippen molar-refractivity contribution < 1.29 is 0 Å². The summed E-state index contributed by atoms with van der Waals surface area (Å²) in [5.41, 5.74) is 3.87. The van der Waals surface area contributed by atoms with Gasteiger partial charge in [-0.3, -0.25) is 0 Å². The number of rotatable bonds is 8. The molecule has 19 heavy (non-hydrogen) atoms. The van der Waals surface area contributed by atoms with Crippen molar-refractivity contribution in [3.8, 4) is 0 Å². The molecule has 0 aliphatic carbocycles. The second kappa shape index (κ2) is 8.60. The summed E-state index contributed by atoms with van der Waals surface area (Å²) in [4.78, 5) is 0. The molecule has 0 amide bonds. The zero-order chi connectivity index (χ0) is 14.3. The zero-order valence-corrected chi connectivity index (χ0v) is 13.6. The Labute approximate surface area is 123 Å². The van der Waals surface area contributed by atoms with Gasteiger partial charge in [-0.15, -0.1) is 0 Å². The lowest BCUT2D eigenvalue weighted by atomic mass is 9.94. The highest BCUT2D eigenvalue weighted by Gasteiger charge is 2.13. The first-order chi connectivity index (χ1) is 9.10. The van der Waals surface area contributed by atoms with Crippen LogP contribution in [0.3, 0.4) is 0 Å². The summed E-state index contributed by atoms with van der Waals surface area (Å²) in [6.07, 6.45) is 7.90. The normalized spacial score (nSPS) is 12.7. The summed E-state index contributed by atoms with van der Waals surface area (Å²) in [5.74, 6) is 0. The fraction of sp³-hybridized carbons (Fsp3) is 0.647. The van der Waals surface area contributed by atoms with E-state index in [2.05, 4.69) is 45.3 Å². The quantitative estimate of drug-likeness (QED) is 0.614. The first kappa shape index (κ1) is 16.5. The predicted octanol–water partition coefficient (Wildman–Crippen LogP) is 5.58. The Morgan fingerprint density at radius 1 is 1.05 bits per heavy atom. The van der Waals surface area contributed by atoms with Crippen molar-refractivity contribution in [2.24, 2.45) is 0 Å². The molecule has 1 aromatic carbocycles. The van der Waals surface area contributed by atoms with Crippen molar-refractivity contribution in [2.45, 2.75) is 65.3 Å². The van der Waals surface area contributed by atoms with Gasteiger partial charge < -0.3 is 5.32 Å². The van der Waals surface area contributed by atoms with Crippen LogP contribution in [0.2, 0.25) is 5.02 Å². The average molecular weight is 282 g/mol. The number of nitrogens with one attached hydrogen (secondary N) is 1. The summed E-state index contributed by atoms with van der Waals surface area (Å²) < 4.78 is 0. The summed E-state index contributed by atoms with van der Waals surface area (Å²) >= 11 is 6.17. The topological polar surface area (TPSA) is 12.0 Å². The van der Waals surface area contributed by atoms with Crippen molar-refractivity contribution in [2.75, 3.05) is 7.05 Å². The van der Waals surface area contributed by atoms with E-state index in [1.54, 1.807) is 0 Å². The molecule has 0 aliphatic rings. The van der Waals surface area contributed by atoms with E-state index < -0.39 is 0 Å². The number of aryl methyl sites for hydroxylation is 2. The van der Waals surface area contributed by atoms with Crippen LogP contribution in [0.15, 0.2) is 12.1 Å². The van der Waals surface area contributed by atoms with Crippen LogP contribution in [0, 0.1) is 13.8 Å². The Hall–Kier alpha value is -0.530. The molecule has 1 aromatic rings. The third-order valence-corrected chi connectivity index (χ3v) is 4.27. The first-order valence-electron chi connectivity index (χ1n) is 7.54. The molecule has 0 saturated heterocycles. The maximum absolute atomic E-state index is 6.17. The Bertz CT molecular complexity index is 387. The van der Waals surface area contributed by atoms with Gasteiger partial charge in [-0.25, -0.2) is 0 Å². The van der Waals surface area contributed by atoms with E-state index >= 15 is 0 Å². The Morgan fingerprint density at radius 3 is 2.37 bits per heavy atom. The molecule has 1 atom stereocenters. The fourth-order valence-corrected chi connectivity index (χ4v) is 2.80. The van der Waals surface area contributed by atoms with Gasteiger partial charge in [0.1, 0.15) is 0 Å². The highest BCUT2D eigenvalue weighted by molar-refractivity contribution is 6.31. The van der Waals surface area contributed by atoms with E-state index in [0.29, 0.717) is 6.04 Å². The Balaban J connectivity index is 2.61. The molecule has 0 bridgehead atoms. The number of unbranched alkanes of at least 4 members (excludes halogenated alkanes) is 4. The van der Waals surface area contributed by atoms with E-state index in [0.717, 1.165) is 5.02 Å². The van der Waals surface area contributed by atoms with Gasteiger partial charge >= 0.3 is 0 Å². The van der Waals surface area contributed by atoms with Crippen LogP contribution >= 0.6 is 11.6 Å². The molecule has 2 heteroatoms. The van der Waals surface area contributed by atoms with Gasteiger partial charge in [0.05, 0.1) is 0 Å². The lowest BCUT2D eigenvalue weighted by Gasteiger charge is -2.20. The minimum Gasteiger partial charge on any atom is -0.313 e. The van der Waals surface area contributed by atoms with Crippen molar-refractivity contribution in [1.29, 1.82) is 0 Å². The number of benzene rings is 1. The summed E-state index contributed by atoms with van der Waals surface area (Å²) in [5, 5.41) is 4.33. The second-order valence-corrected chi connectivity index (χ2v) is 5.91. The highest BCUT2D eigenvalue weighted by Crippen LogP contribution is 2.28. The van der Waals surface area contributed by atoms with Crippen LogP contribution in [-0.2, 0) is 0 Å². The first-order valence-corrected chi connectivity index (χ1v) is 7.91. The van der Waals surface area contributed by atoms with Gasteiger partial charge in [0.25, 0.3) is 0 Å². The number of hydrogen-bond acceptors (Lipinski definition) is 1. The van der Waals surface area contributed by atoms with E-state index in [4.69, 9.17) is 11.6 Å². The van der Waals surface area contributed by atoms with Gasteiger partial charge in [-0.05, 0) is 50.1 Å². The van der Waals surface area contributed by atoms with E-state index in [-0.39, 0.29) is 0 Å². The molecule has 1 rings (SSSR count). The van der Waals surface area contributed by atoms with Gasteiger partial charge in [-0.2, -0.15) is 0 Å². The molecule has 0 radical (unpaired) electrons. The molecule has 1 unspecified atom stereocenters. The fourth-order valence-electron chi connectivity index (χ4n) is 2.59. The van der Waals surface area contributed by atoms with Gasteiger partial charge in [0, 0.05) is 11.1 Å². The lowest BCUT2D eigenvalue weighted by molar-refractivity contribution is 0.499. The maximum atomic E-state index is 6.17.